The molecular weight excluding hydrogens is 1340 g/mol. The second-order valence-electron chi connectivity index (χ2n) is 24.1. The van der Waals surface area contributed by atoms with E-state index in [0.29, 0.717) is 78.6 Å². The first kappa shape index (κ1) is 41.2. The largest absolute Gasteiger partial charge is 0.510 e. The Morgan fingerprint density at radius 2 is 0.979 bits per heavy atom. The van der Waals surface area contributed by atoms with Gasteiger partial charge in [-0.15, -0.1) is 29.7 Å². The maximum Gasteiger partial charge on any atom is 0.268 e. The Bertz CT molecular complexity index is 6800. The molecule has 0 saturated carbocycles. The predicted octanol–water partition coefficient (Wildman–Crippen LogP) is 22.0. The van der Waals surface area contributed by atoms with Crippen molar-refractivity contribution in [1.82, 2.24) is 18.7 Å². The number of rotatable bonds is 9. The van der Waals surface area contributed by atoms with Crippen LogP contribution in [-0.2, 0) is 26.5 Å². The summed E-state index contributed by atoms with van der Waals surface area (Å²) in [7, 11) is 0. The van der Waals surface area contributed by atoms with Crippen LogP contribution < -0.4 is 9.30 Å². The summed E-state index contributed by atoms with van der Waals surface area (Å²) < 4.78 is 183. The van der Waals surface area contributed by atoms with E-state index in [0.717, 1.165) is 43.7 Å². The van der Waals surface area contributed by atoms with E-state index in [9.17, 15) is 12.3 Å². The van der Waals surface area contributed by atoms with Gasteiger partial charge in [0.25, 0.3) is 6.33 Å². The van der Waals surface area contributed by atoms with E-state index in [4.69, 9.17) is 22.1 Å². The van der Waals surface area contributed by atoms with Crippen molar-refractivity contribution in [2.24, 2.45) is 0 Å². The van der Waals surface area contributed by atoms with Crippen molar-refractivity contribution >= 4 is 54.6 Å². The minimum absolute atomic E-state index is 0. The molecule has 7 heteroatoms. The Kier molecular flexibility index (Phi) is 9.98. The molecule has 5 heterocycles. The molecule has 0 fully saturated rings. The van der Waals surface area contributed by atoms with Gasteiger partial charge in [0.1, 0.15) is 5.82 Å². The molecule has 0 radical (unpaired) electrons. The third kappa shape index (κ3) is 9.66. The first-order valence-corrected chi connectivity index (χ1v) is 30.6. The first-order chi connectivity index (χ1) is 53.7. The van der Waals surface area contributed by atoms with Gasteiger partial charge in [0, 0.05) is 55.1 Å². The molecule has 0 atom stereocenters. The van der Waals surface area contributed by atoms with E-state index >= 15 is 0 Å². The van der Waals surface area contributed by atoms with Crippen molar-refractivity contribution in [2.75, 3.05) is 0 Å². The fourth-order valence-corrected chi connectivity index (χ4v) is 13.4. The van der Waals surface area contributed by atoms with Crippen LogP contribution in [0.4, 0.5) is 0 Å². The molecule has 0 saturated heterocycles. The molecule has 454 valence electrons. The van der Waals surface area contributed by atoms with Crippen LogP contribution in [0.2, 0.25) is 0 Å². The van der Waals surface area contributed by atoms with Gasteiger partial charge in [-0.1, -0.05) is 232 Å². The van der Waals surface area contributed by atoms with Crippen molar-refractivity contribution in [3.8, 4) is 112 Å². The van der Waals surface area contributed by atoms with Crippen LogP contribution in [0.1, 0.15) is 51.0 Å². The van der Waals surface area contributed by atoms with Gasteiger partial charge >= 0.3 is 0 Å². The van der Waals surface area contributed by atoms with E-state index in [1.165, 1.54) is 0 Å². The van der Waals surface area contributed by atoms with Gasteiger partial charge in [-0.3, -0.25) is 4.57 Å². The van der Waals surface area contributed by atoms with Gasteiger partial charge in [0.05, 0.1) is 58.1 Å². The number of fused-ring (bicyclic) bond motifs is 13. The van der Waals surface area contributed by atoms with Crippen LogP contribution in [0.3, 0.4) is 0 Å². The monoisotopic (exact) mass is 1410 g/mol. The molecule has 0 bridgehead atoms. The second-order valence-corrected chi connectivity index (χ2v) is 24.1. The Morgan fingerprint density at radius 3 is 1.65 bits per heavy atom. The van der Waals surface area contributed by atoms with E-state index in [1.807, 2.05) is 120 Å². The number of hydrogen-bond donors (Lipinski definition) is 0. The molecule has 0 spiro atoms. The van der Waals surface area contributed by atoms with Crippen molar-refractivity contribution in [1.29, 1.82) is 0 Å². The standard InChI is InChI=1S/C88H59N5O.Pt/c1-88(2,3)64-46-47-89-84(53-64)93-80-42-20-17-35-72(80)73-45-44-67(55-82(73)93)94-66-31-21-30-65(54-66)90-56-91-86-76(39-23-43-81(86)92-78-40-18-15-33-70(78)71-34-16-19-41-79(71)92)75-38-22-37-68(59-28-11-6-12-29-59)85(75)74-36-14-13-32-69(74)77-51-63(52-83(90)87(77)91)62-49-60(57-24-7-4-8-25-57)48-61(50-62)58-26-9-5-10-27-58;/h4-53H,1-3H3;/q-2;/i4D,5D,6D,7D,8D,9D,10D,11D,12D,24D,25D,26D,27D,28D,29D,48D,49D,50D;. The second kappa shape index (κ2) is 23.0. The smallest absolute Gasteiger partial charge is 0.268 e. The number of para-hydroxylation sites is 4. The maximum atomic E-state index is 10.6. The van der Waals surface area contributed by atoms with Gasteiger partial charge in [-0.05, 0) is 161 Å². The minimum atomic E-state index is -0.829. The van der Waals surface area contributed by atoms with E-state index in [2.05, 4.69) is 72.6 Å². The summed E-state index contributed by atoms with van der Waals surface area (Å²) in [4.78, 5) is 4.89. The molecule has 0 amide bonds. The zero-order chi connectivity index (χ0) is 78.3. The number of imidazole rings is 1. The average Bonchev–Trinajstić information content (AvgIpc) is 1.46. The van der Waals surface area contributed by atoms with E-state index in [-0.39, 0.29) is 54.5 Å². The zero-order valence-electron chi connectivity index (χ0n) is 68.9. The number of hydrogen-bond acceptors (Lipinski definition) is 2. The van der Waals surface area contributed by atoms with Crippen molar-refractivity contribution in [3.05, 3.63) is 327 Å². The molecular formula is C88H59N5OPt-2. The normalized spacial score (nSPS) is 14.5. The average molecular weight is 1420 g/mol. The Morgan fingerprint density at radius 1 is 0.432 bits per heavy atom. The van der Waals surface area contributed by atoms with Crippen molar-refractivity contribution in [2.45, 2.75) is 26.2 Å². The van der Waals surface area contributed by atoms with Crippen LogP contribution in [0.15, 0.2) is 303 Å². The summed E-state index contributed by atoms with van der Waals surface area (Å²) in [5.41, 5.74) is 6.55. The summed E-state index contributed by atoms with van der Waals surface area (Å²) in [6, 6.07) is 53.6. The maximum absolute atomic E-state index is 10.6. The number of aromatic nitrogens is 5. The number of nitrogens with zero attached hydrogens (tertiary/aromatic N) is 5. The van der Waals surface area contributed by atoms with Crippen LogP contribution in [-0.4, -0.2) is 18.7 Å². The fraction of sp³-hybridized carbons (Fsp3) is 0.0455. The number of pyridine rings is 1. The molecule has 17 aromatic rings. The Balaban J connectivity index is 0.00000924. The summed E-state index contributed by atoms with van der Waals surface area (Å²) >= 11 is 0. The van der Waals surface area contributed by atoms with Gasteiger partial charge in [0.2, 0.25) is 0 Å². The summed E-state index contributed by atoms with van der Waals surface area (Å²) in [5.74, 6) is 1.25. The third-order valence-corrected chi connectivity index (χ3v) is 17.6. The quantitative estimate of drug-likeness (QED) is 0.107. The molecule has 95 heavy (non-hydrogen) atoms. The summed E-state index contributed by atoms with van der Waals surface area (Å²) in [6.45, 7) is 6.45. The van der Waals surface area contributed by atoms with Gasteiger partial charge in [0.15, 0.2) is 0 Å². The van der Waals surface area contributed by atoms with Crippen molar-refractivity contribution in [3.63, 3.8) is 0 Å². The van der Waals surface area contributed by atoms with Crippen LogP contribution in [0.25, 0.3) is 155 Å². The third-order valence-electron chi connectivity index (χ3n) is 17.6. The topological polar surface area (TPSA) is 40.8 Å². The molecule has 1 aliphatic rings. The van der Waals surface area contributed by atoms with Crippen LogP contribution in [0.5, 0.6) is 11.5 Å². The summed E-state index contributed by atoms with van der Waals surface area (Å²) in [6.07, 6.45) is 5.62. The fourth-order valence-electron chi connectivity index (χ4n) is 13.4. The molecule has 6 nitrogen and oxygen atoms in total. The molecule has 0 N–H and O–H groups in total. The zero-order valence-corrected chi connectivity index (χ0v) is 53.2. The van der Waals surface area contributed by atoms with Gasteiger partial charge in [-0.2, -0.15) is 18.2 Å². The molecule has 0 aliphatic carbocycles. The number of benzene rings is 13. The predicted molar refractivity (Wildman–Crippen MR) is 385 cm³/mol. The molecule has 18 rings (SSSR count). The molecule has 13 aromatic carbocycles. The van der Waals surface area contributed by atoms with E-state index < -0.39 is 131 Å². The van der Waals surface area contributed by atoms with Gasteiger partial charge in [-0.25, -0.2) is 4.98 Å². The Labute approximate surface area is 591 Å². The van der Waals surface area contributed by atoms with Crippen LogP contribution in [0, 0.1) is 18.5 Å². The summed E-state index contributed by atoms with van der Waals surface area (Å²) in [5, 5.41) is 3.76. The Hall–Kier alpha value is -11.4. The van der Waals surface area contributed by atoms with Crippen molar-refractivity contribution < 1.29 is 55.0 Å². The first-order valence-electron chi connectivity index (χ1n) is 39.6. The minimum Gasteiger partial charge on any atom is -0.510 e. The molecule has 1 aliphatic heterocycles. The molecule has 4 aromatic heterocycles. The number of ether oxygens (including phenoxy) is 1. The van der Waals surface area contributed by atoms with E-state index in [1.54, 1.807) is 59.3 Å². The molecule has 0 unspecified atom stereocenters. The SMILES string of the molecule is [2H]c1c([2H])c([2H])c(-c2cccc3c2-c2ccccc2-c2cc(-c4c([2H])c(-c5c([2H])c([2H])c([2H])c([2H])c5[2H])c([2H])c(-c5c([2H])c([2H])c([2H])c([2H])c5[2H])c4[2H])cc4c2[n+]([c-]n4-c2[c-]c(Oc4[c-]c5c(cc4)c4ccccc4n5-c4cc(C(C)(C)C)ccn4)ccc2)-c2c-3cccc2-n2c3ccccc3c3ccccc32)c([2H])c1[2H].[Pt]. The van der Waals surface area contributed by atoms with Crippen LogP contribution >= 0.6 is 0 Å². The van der Waals surface area contributed by atoms with Gasteiger partial charge < -0.3 is 18.4 Å².